The van der Waals surface area contributed by atoms with Crippen LogP contribution in [0.5, 0.6) is 5.75 Å². The van der Waals surface area contributed by atoms with Crippen molar-refractivity contribution in [2.45, 2.75) is 13.3 Å². The molecule has 0 saturated carbocycles. The monoisotopic (exact) mass is 255 g/mol. The van der Waals surface area contributed by atoms with E-state index in [1.54, 1.807) is 4.90 Å². The molecule has 1 amide bonds. The van der Waals surface area contributed by atoms with Crippen molar-refractivity contribution in [2.75, 3.05) is 18.1 Å². The summed E-state index contributed by atoms with van der Waals surface area (Å²) in [6.45, 7) is 6.76. The molecule has 1 aromatic carbocycles. The number of anilines is 1. The van der Waals surface area contributed by atoms with Crippen molar-refractivity contribution in [2.24, 2.45) is 5.92 Å². The average Bonchev–Trinajstić information content (AvgIpc) is 2.78. The standard InChI is InChI=1S/C16H17NO2/c1-4-13-8-16(18)17(10-13)14-6-5-7-15(9-14)19-11-12(2)3/h1,5-7,9,13H,2,8,10-11H2,3H3. The predicted octanol–water partition coefficient (Wildman–Crippen LogP) is 2.63. The van der Waals surface area contributed by atoms with E-state index in [-0.39, 0.29) is 11.8 Å². The fourth-order valence-corrected chi connectivity index (χ4v) is 2.02. The van der Waals surface area contributed by atoms with Crippen molar-refractivity contribution in [3.8, 4) is 18.1 Å². The summed E-state index contributed by atoms with van der Waals surface area (Å²) in [6, 6.07) is 7.50. The molecular weight excluding hydrogens is 238 g/mol. The van der Waals surface area contributed by atoms with E-state index >= 15 is 0 Å². The maximum Gasteiger partial charge on any atom is 0.228 e. The van der Waals surface area contributed by atoms with E-state index in [2.05, 4.69) is 12.5 Å². The molecule has 0 radical (unpaired) electrons. The predicted molar refractivity (Wildman–Crippen MR) is 76.0 cm³/mol. The van der Waals surface area contributed by atoms with Crippen molar-refractivity contribution < 1.29 is 9.53 Å². The lowest BCUT2D eigenvalue weighted by Gasteiger charge is -2.17. The Hall–Kier alpha value is -2.21. The van der Waals surface area contributed by atoms with E-state index < -0.39 is 0 Å². The molecule has 1 heterocycles. The van der Waals surface area contributed by atoms with Gasteiger partial charge in [-0.05, 0) is 24.6 Å². The van der Waals surface area contributed by atoms with Gasteiger partial charge in [-0.25, -0.2) is 0 Å². The van der Waals surface area contributed by atoms with Crippen molar-refractivity contribution in [3.63, 3.8) is 0 Å². The van der Waals surface area contributed by atoms with E-state index in [9.17, 15) is 4.79 Å². The first-order valence-electron chi connectivity index (χ1n) is 6.24. The first kappa shape index (κ1) is 13.2. The topological polar surface area (TPSA) is 29.5 Å². The van der Waals surface area contributed by atoms with Gasteiger partial charge in [0.05, 0.1) is 0 Å². The number of hydrogen-bond acceptors (Lipinski definition) is 2. The molecule has 98 valence electrons. The van der Waals surface area contributed by atoms with Crippen LogP contribution in [0.2, 0.25) is 0 Å². The molecule has 0 spiro atoms. The van der Waals surface area contributed by atoms with Crippen LogP contribution >= 0.6 is 0 Å². The highest BCUT2D eigenvalue weighted by atomic mass is 16.5. The highest BCUT2D eigenvalue weighted by molar-refractivity contribution is 5.96. The van der Waals surface area contributed by atoms with Gasteiger partial charge in [0.1, 0.15) is 12.4 Å². The van der Waals surface area contributed by atoms with Crippen LogP contribution in [0.1, 0.15) is 13.3 Å². The molecule has 0 aromatic heterocycles. The maximum absolute atomic E-state index is 11.9. The Bertz CT molecular complexity index is 542. The summed E-state index contributed by atoms with van der Waals surface area (Å²) in [5.74, 6) is 3.45. The quantitative estimate of drug-likeness (QED) is 0.611. The molecule has 2 rings (SSSR count). The van der Waals surface area contributed by atoms with Crippen LogP contribution in [0.25, 0.3) is 0 Å². The highest BCUT2D eigenvalue weighted by Crippen LogP contribution is 2.27. The third kappa shape index (κ3) is 3.17. The smallest absolute Gasteiger partial charge is 0.228 e. The summed E-state index contributed by atoms with van der Waals surface area (Å²) >= 11 is 0. The van der Waals surface area contributed by atoms with Gasteiger partial charge >= 0.3 is 0 Å². The molecule has 3 nitrogen and oxygen atoms in total. The largest absolute Gasteiger partial charge is 0.489 e. The number of nitrogens with zero attached hydrogens (tertiary/aromatic N) is 1. The molecule has 1 aromatic rings. The number of rotatable bonds is 4. The third-order valence-corrected chi connectivity index (χ3v) is 2.98. The molecular formula is C16H17NO2. The van der Waals surface area contributed by atoms with Crippen LogP contribution in [-0.4, -0.2) is 19.1 Å². The number of ether oxygens (including phenoxy) is 1. The Morgan fingerprint density at radius 3 is 3.05 bits per heavy atom. The van der Waals surface area contributed by atoms with Crippen molar-refractivity contribution >= 4 is 11.6 Å². The molecule has 1 saturated heterocycles. The van der Waals surface area contributed by atoms with Crippen LogP contribution in [0.4, 0.5) is 5.69 Å². The fraction of sp³-hybridized carbons (Fsp3) is 0.312. The van der Waals surface area contributed by atoms with E-state index in [1.165, 1.54) is 0 Å². The average molecular weight is 255 g/mol. The molecule has 0 aliphatic carbocycles. The van der Waals surface area contributed by atoms with E-state index in [4.69, 9.17) is 11.2 Å². The van der Waals surface area contributed by atoms with Crippen LogP contribution in [0.3, 0.4) is 0 Å². The molecule has 0 N–H and O–H groups in total. The lowest BCUT2D eigenvalue weighted by molar-refractivity contribution is -0.117. The van der Waals surface area contributed by atoms with Gasteiger partial charge in [-0.15, -0.1) is 12.3 Å². The molecule has 3 heteroatoms. The molecule has 1 unspecified atom stereocenters. The Balaban J connectivity index is 2.13. The number of amides is 1. The van der Waals surface area contributed by atoms with Gasteiger partial charge in [0.2, 0.25) is 5.91 Å². The first-order valence-corrected chi connectivity index (χ1v) is 6.24. The first-order chi connectivity index (χ1) is 9.10. The second-order valence-electron chi connectivity index (χ2n) is 4.82. The van der Waals surface area contributed by atoms with E-state index in [1.807, 2.05) is 31.2 Å². The van der Waals surface area contributed by atoms with Crippen molar-refractivity contribution in [1.82, 2.24) is 0 Å². The van der Waals surface area contributed by atoms with E-state index in [0.29, 0.717) is 19.6 Å². The Kier molecular flexibility index (Phi) is 3.91. The number of carbonyl (C=O) groups excluding carboxylic acids is 1. The SMILES string of the molecule is C#CC1CC(=O)N(c2cccc(OCC(=C)C)c2)C1. The minimum Gasteiger partial charge on any atom is -0.489 e. The minimum absolute atomic E-state index is 0.00694. The zero-order valence-electron chi connectivity index (χ0n) is 11.1. The molecule has 1 aliphatic rings. The van der Waals surface area contributed by atoms with Crippen molar-refractivity contribution in [3.05, 3.63) is 36.4 Å². The number of terminal acetylenes is 1. The zero-order chi connectivity index (χ0) is 13.8. The molecule has 0 bridgehead atoms. The zero-order valence-corrected chi connectivity index (χ0v) is 11.1. The molecule has 19 heavy (non-hydrogen) atoms. The second kappa shape index (κ2) is 5.62. The van der Waals surface area contributed by atoms with Crippen molar-refractivity contribution in [1.29, 1.82) is 0 Å². The van der Waals surface area contributed by atoms with Crippen LogP contribution in [0, 0.1) is 18.3 Å². The van der Waals surface area contributed by atoms with Gasteiger partial charge in [0, 0.05) is 30.6 Å². The highest BCUT2D eigenvalue weighted by Gasteiger charge is 2.29. The van der Waals surface area contributed by atoms with Gasteiger partial charge in [0.15, 0.2) is 0 Å². The molecule has 1 atom stereocenters. The number of hydrogen-bond donors (Lipinski definition) is 0. The van der Waals surface area contributed by atoms with E-state index in [0.717, 1.165) is 17.0 Å². The minimum atomic E-state index is 0.00694. The lowest BCUT2D eigenvalue weighted by Crippen LogP contribution is -2.24. The van der Waals surface area contributed by atoms with Gasteiger partial charge in [-0.3, -0.25) is 4.79 Å². The van der Waals surface area contributed by atoms with Crippen LogP contribution in [0.15, 0.2) is 36.4 Å². The van der Waals surface area contributed by atoms with Crippen LogP contribution in [-0.2, 0) is 4.79 Å². The van der Waals surface area contributed by atoms with Gasteiger partial charge in [-0.2, -0.15) is 0 Å². The van der Waals surface area contributed by atoms with Crippen LogP contribution < -0.4 is 9.64 Å². The normalized spacial score (nSPS) is 18.2. The summed E-state index contributed by atoms with van der Waals surface area (Å²) in [5.41, 5.74) is 1.79. The summed E-state index contributed by atoms with van der Waals surface area (Å²) in [7, 11) is 0. The molecule has 1 aliphatic heterocycles. The second-order valence-corrected chi connectivity index (χ2v) is 4.82. The number of carbonyl (C=O) groups is 1. The fourth-order valence-electron chi connectivity index (χ4n) is 2.02. The third-order valence-electron chi connectivity index (χ3n) is 2.98. The lowest BCUT2D eigenvalue weighted by atomic mass is 10.1. The maximum atomic E-state index is 11.9. The summed E-state index contributed by atoms with van der Waals surface area (Å²) < 4.78 is 5.58. The Labute approximate surface area is 113 Å². The van der Waals surface area contributed by atoms with Gasteiger partial charge in [0.25, 0.3) is 0 Å². The Morgan fingerprint density at radius 2 is 2.42 bits per heavy atom. The number of benzene rings is 1. The van der Waals surface area contributed by atoms with Gasteiger partial charge < -0.3 is 9.64 Å². The summed E-state index contributed by atoms with van der Waals surface area (Å²) in [6.07, 6.45) is 5.81. The van der Waals surface area contributed by atoms with Gasteiger partial charge in [-0.1, -0.05) is 12.6 Å². The Morgan fingerprint density at radius 1 is 1.63 bits per heavy atom. The summed E-state index contributed by atoms with van der Waals surface area (Å²) in [4.78, 5) is 13.6. The summed E-state index contributed by atoms with van der Waals surface area (Å²) in [5, 5.41) is 0. The molecule has 1 fully saturated rings.